The van der Waals surface area contributed by atoms with Gasteiger partial charge in [-0.15, -0.1) is 0 Å². The zero-order valence-corrected chi connectivity index (χ0v) is 10.6. The number of aliphatic hydroxyl groups excluding tert-OH is 1. The smallest absolute Gasteiger partial charge is 0.270 e. The molecule has 1 aromatic rings. The topological polar surface area (TPSA) is 110 Å². The highest BCUT2D eigenvalue weighted by Gasteiger charge is 2.20. The maximum absolute atomic E-state index is 11.9. The van der Waals surface area contributed by atoms with Crippen molar-refractivity contribution in [3.63, 3.8) is 0 Å². The molecule has 1 aromatic carbocycles. The molecule has 2 N–H and O–H groups in total. The monoisotopic (exact) mass is 274 g/mol. The SMILES string of the molecule is CC[C@H](CO)NS(=O)(=O)c1cccc([N+](=O)[O-])c1. The molecule has 0 bridgehead atoms. The molecule has 0 spiro atoms. The Hall–Kier alpha value is -1.51. The number of nitrogens with zero attached hydrogens (tertiary/aromatic N) is 1. The molecule has 7 nitrogen and oxygen atoms in total. The second-order valence-corrected chi connectivity index (χ2v) is 5.38. The first kappa shape index (κ1) is 14.6. The van der Waals surface area contributed by atoms with Crippen molar-refractivity contribution in [1.29, 1.82) is 0 Å². The van der Waals surface area contributed by atoms with E-state index in [4.69, 9.17) is 5.11 Å². The zero-order valence-electron chi connectivity index (χ0n) is 9.74. The van der Waals surface area contributed by atoms with Gasteiger partial charge in [0, 0.05) is 18.2 Å². The lowest BCUT2D eigenvalue weighted by Gasteiger charge is -2.14. The molecule has 0 fully saturated rings. The quantitative estimate of drug-likeness (QED) is 0.584. The number of benzene rings is 1. The third kappa shape index (κ3) is 3.49. The molecule has 100 valence electrons. The lowest BCUT2D eigenvalue weighted by atomic mass is 10.3. The van der Waals surface area contributed by atoms with Crippen LogP contribution in [0.15, 0.2) is 29.2 Å². The average molecular weight is 274 g/mol. The molecule has 0 aliphatic heterocycles. The molecular formula is C10H14N2O5S. The average Bonchev–Trinajstić information content (AvgIpc) is 2.36. The summed E-state index contributed by atoms with van der Waals surface area (Å²) in [6.45, 7) is 1.39. The minimum absolute atomic E-state index is 0.191. The first-order valence-electron chi connectivity index (χ1n) is 5.28. The van der Waals surface area contributed by atoms with Crippen LogP contribution in [0.3, 0.4) is 0 Å². The molecule has 0 amide bonds. The van der Waals surface area contributed by atoms with Crippen molar-refractivity contribution in [1.82, 2.24) is 4.72 Å². The van der Waals surface area contributed by atoms with Gasteiger partial charge in [0.1, 0.15) is 0 Å². The summed E-state index contributed by atoms with van der Waals surface area (Å²) in [4.78, 5) is 9.71. The lowest BCUT2D eigenvalue weighted by Crippen LogP contribution is -2.36. The summed E-state index contributed by atoms with van der Waals surface area (Å²) < 4.78 is 26.1. The van der Waals surface area contributed by atoms with Gasteiger partial charge in [0.2, 0.25) is 10.0 Å². The predicted octanol–water partition coefficient (Wildman–Crippen LogP) is 0.644. The number of hydrogen-bond donors (Lipinski definition) is 2. The normalized spacial score (nSPS) is 13.2. The summed E-state index contributed by atoms with van der Waals surface area (Å²) in [5.74, 6) is 0. The number of sulfonamides is 1. The van der Waals surface area contributed by atoms with Crippen LogP contribution < -0.4 is 4.72 Å². The molecule has 0 heterocycles. The third-order valence-corrected chi connectivity index (χ3v) is 3.89. The third-order valence-electron chi connectivity index (χ3n) is 2.37. The van der Waals surface area contributed by atoms with Gasteiger partial charge in [0.25, 0.3) is 5.69 Å². The molecule has 1 rings (SSSR count). The Balaban J connectivity index is 3.05. The Morgan fingerprint density at radius 2 is 2.17 bits per heavy atom. The Morgan fingerprint density at radius 1 is 1.50 bits per heavy atom. The number of nitrogens with one attached hydrogen (secondary N) is 1. The van der Waals surface area contributed by atoms with E-state index < -0.39 is 21.0 Å². The molecular weight excluding hydrogens is 260 g/mol. The minimum atomic E-state index is -3.85. The first-order valence-corrected chi connectivity index (χ1v) is 6.76. The summed E-state index contributed by atoms with van der Waals surface area (Å²) in [7, 11) is -3.85. The summed E-state index contributed by atoms with van der Waals surface area (Å²) in [5, 5.41) is 19.5. The number of rotatable bonds is 6. The van der Waals surface area contributed by atoms with Crippen LogP contribution in [0, 0.1) is 10.1 Å². The fourth-order valence-electron chi connectivity index (χ4n) is 1.30. The van der Waals surface area contributed by atoms with Gasteiger partial charge < -0.3 is 5.11 Å². The fraction of sp³-hybridized carbons (Fsp3) is 0.400. The highest BCUT2D eigenvalue weighted by atomic mass is 32.2. The number of nitro groups is 1. The maximum atomic E-state index is 11.9. The molecule has 18 heavy (non-hydrogen) atoms. The highest BCUT2D eigenvalue weighted by molar-refractivity contribution is 7.89. The van der Waals surface area contributed by atoms with Gasteiger partial charge in [0.15, 0.2) is 0 Å². The van der Waals surface area contributed by atoms with Crippen LogP contribution >= 0.6 is 0 Å². The van der Waals surface area contributed by atoms with Crippen molar-refractivity contribution in [2.24, 2.45) is 0 Å². The Bertz CT molecular complexity index is 525. The molecule has 1 atom stereocenters. The van der Waals surface area contributed by atoms with Crippen LogP contribution in [-0.2, 0) is 10.0 Å². The largest absolute Gasteiger partial charge is 0.395 e. The Kier molecular flexibility index (Phi) is 4.76. The summed E-state index contributed by atoms with van der Waals surface area (Å²) in [6, 6.07) is 4.15. The summed E-state index contributed by atoms with van der Waals surface area (Å²) in [5.41, 5.74) is -0.296. The van der Waals surface area contributed by atoms with Crippen LogP contribution in [-0.4, -0.2) is 31.1 Å². The molecule has 0 aromatic heterocycles. The van der Waals surface area contributed by atoms with Crippen molar-refractivity contribution in [3.05, 3.63) is 34.4 Å². The van der Waals surface area contributed by atoms with Crippen molar-refractivity contribution in [3.8, 4) is 0 Å². The van der Waals surface area contributed by atoms with E-state index in [1.807, 2.05) is 0 Å². The molecule has 0 aliphatic carbocycles. The zero-order chi connectivity index (χ0) is 13.8. The fourth-order valence-corrected chi connectivity index (χ4v) is 2.65. The van der Waals surface area contributed by atoms with Crippen LogP contribution in [0.5, 0.6) is 0 Å². The molecule has 8 heteroatoms. The van der Waals surface area contributed by atoms with E-state index in [1.165, 1.54) is 18.2 Å². The van der Waals surface area contributed by atoms with Crippen LogP contribution in [0.2, 0.25) is 0 Å². The van der Waals surface area contributed by atoms with Gasteiger partial charge in [-0.2, -0.15) is 0 Å². The molecule has 0 unspecified atom stereocenters. The van der Waals surface area contributed by atoms with Gasteiger partial charge in [-0.3, -0.25) is 10.1 Å². The minimum Gasteiger partial charge on any atom is -0.395 e. The van der Waals surface area contributed by atoms with E-state index in [-0.39, 0.29) is 17.2 Å². The molecule has 0 saturated heterocycles. The van der Waals surface area contributed by atoms with E-state index in [0.29, 0.717) is 6.42 Å². The van der Waals surface area contributed by atoms with Gasteiger partial charge >= 0.3 is 0 Å². The number of nitro benzene ring substituents is 1. The van der Waals surface area contributed by atoms with Gasteiger partial charge in [-0.25, -0.2) is 13.1 Å². The molecule has 0 saturated carbocycles. The van der Waals surface area contributed by atoms with Crippen molar-refractivity contribution in [2.75, 3.05) is 6.61 Å². The number of hydrogen-bond acceptors (Lipinski definition) is 5. The van der Waals surface area contributed by atoms with Gasteiger partial charge in [-0.1, -0.05) is 13.0 Å². The van der Waals surface area contributed by atoms with Crippen molar-refractivity contribution < 1.29 is 18.4 Å². The maximum Gasteiger partial charge on any atom is 0.270 e. The molecule has 0 aliphatic rings. The van der Waals surface area contributed by atoms with E-state index in [1.54, 1.807) is 6.92 Å². The van der Waals surface area contributed by atoms with Crippen LogP contribution in [0.4, 0.5) is 5.69 Å². The first-order chi connectivity index (χ1) is 8.40. The van der Waals surface area contributed by atoms with Crippen molar-refractivity contribution >= 4 is 15.7 Å². The number of aliphatic hydroxyl groups is 1. The Morgan fingerprint density at radius 3 is 2.67 bits per heavy atom. The van der Waals surface area contributed by atoms with Gasteiger partial charge in [-0.05, 0) is 12.5 Å². The van der Waals surface area contributed by atoms with E-state index in [0.717, 1.165) is 6.07 Å². The van der Waals surface area contributed by atoms with E-state index in [2.05, 4.69) is 4.72 Å². The van der Waals surface area contributed by atoms with Crippen molar-refractivity contribution in [2.45, 2.75) is 24.3 Å². The summed E-state index contributed by atoms with van der Waals surface area (Å²) >= 11 is 0. The van der Waals surface area contributed by atoms with E-state index >= 15 is 0 Å². The van der Waals surface area contributed by atoms with E-state index in [9.17, 15) is 18.5 Å². The summed E-state index contributed by atoms with van der Waals surface area (Å²) in [6.07, 6.45) is 0.421. The number of non-ortho nitro benzene ring substituents is 1. The molecule has 0 radical (unpaired) electrons. The highest BCUT2D eigenvalue weighted by Crippen LogP contribution is 2.17. The second kappa shape index (κ2) is 5.89. The van der Waals surface area contributed by atoms with Crippen LogP contribution in [0.1, 0.15) is 13.3 Å². The second-order valence-electron chi connectivity index (χ2n) is 3.66. The predicted molar refractivity (Wildman–Crippen MR) is 64.6 cm³/mol. The van der Waals surface area contributed by atoms with Gasteiger partial charge in [0.05, 0.1) is 16.4 Å². The lowest BCUT2D eigenvalue weighted by molar-refractivity contribution is -0.385. The Labute approximate surface area is 105 Å². The standard InChI is InChI=1S/C10H14N2O5S/c1-2-8(7-13)11-18(16,17)10-5-3-4-9(6-10)12(14)15/h3-6,8,11,13H,2,7H2,1H3/t8-/m1/s1. The van der Waals surface area contributed by atoms with Crippen LogP contribution in [0.25, 0.3) is 0 Å².